The van der Waals surface area contributed by atoms with Crippen LogP contribution >= 0.6 is 11.8 Å². The van der Waals surface area contributed by atoms with Crippen molar-refractivity contribution >= 4 is 23.4 Å². The number of hydrogen-bond acceptors (Lipinski definition) is 4. The molecule has 2 unspecified atom stereocenters. The number of anilines is 1. The number of carbonyl (C=O) groups excluding carboxylic acids is 1. The molecule has 1 fully saturated rings. The van der Waals surface area contributed by atoms with Crippen LogP contribution in [0, 0.1) is 0 Å². The van der Waals surface area contributed by atoms with Crippen LogP contribution in [0.4, 0.5) is 5.69 Å². The Bertz CT molecular complexity index is 465. The van der Waals surface area contributed by atoms with E-state index in [2.05, 4.69) is 11.6 Å². The van der Waals surface area contributed by atoms with Crippen LogP contribution < -0.4 is 15.8 Å². The Morgan fingerprint density at radius 1 is 1.42 bits per heavy atom. The number of carbonyl (C=O) groups is 1. The van der Waals surface area contributed by atoms with Crippen molar-refractivity contribution in [3.63, 3.8) is 0 Å². The molecule has 0 heterocycles. The lowest BCUT2D eigenvalue weighted by Gasteiger charge is -2.13. The van der Waals surface area contributed by atoms with Gasteiger partial charge in [0.1, 0.15) is 5.75 Å². The van der Waals surface area contributed by atoms with Gasteiger partial charge in [-0.05, 0) is 37.7 Å². The quantitative estimate of drug-likeness (QED) is 0.831. The van der Waals surface area contributed by atoms with Crippen molar-refractivity contribution in [1.29, 1.82) is 0 Å². The second-order valence-corrected chi connectivity index (χ2v) is 5.97. The van der Waals surface area contributed by atoms with E-state index in [0.29, 0.717) is 22.3 Å². The lowest BCUT2D eigenvalue weighted by Crippen LogP contribution is -2.33. The monoisotopic (exact) mass is 280 g/mol. The molecule has 1 amide bonds. The Morgan fingerprint density at radius 3 is 2.84 bits per heavy atom. The first-order valence-electron chi connectivity index (χ1n) is 6.40. The van der Waals surface area contributed by atoms with Gasteiger partial charge >= 0.3 is 0 Å². The highest BCUT2D eigenvalue weighted by molar-refractivity contribution is 7.99. The summed E-state index contributed by atoms with van der Waals surface area (Å²) in [7, 11) is 1.57. The highest BCUT2D eigenvalue weighted by Crippen LogP contribution is 2.28. The highest BCUT2D eigenvalue weighted by Gasteiger charge is 2.25. The third-order valence-corrected chi connectivity index (χ3v) is 4.57. The Labute approximate surface area is 118 Å². The number of amides is 1. The van der Waals surface area contributed by atoms with Crippen molar-refractivity contribution in [1.82, 2.24) is 5.32 Å². The predicted octanol–water partition coefficient (Wildman–Crippen LogP) is 2.29. The minimum Gasteiger partial charge on any atom is -0.497 e. The van der Waals surface area contributed by atoms with Crippen molar-refractivity contribution in [3.8, 4) is 5.75 Å². The molecule has 0 spiro atoms. The number of nitrogens with two attached hydrogens (primary N) is 1. The summed E-state index contributed by atoms with van der Waals surface area (Å²) >= 11 is 1.88. The van der Waals surface area contributed by atoms with E-state index in [-0.39, 0.29) is 11.9 Å². The zero-order valence-electron chi connectivity index (χ0n) is 11.3. The summed E-state index contributed by atoms with van der Waals surface area (Å²) in [5, 5.41) is 3.74. The van der Waals surface area contributed by atoms with Gasteiger partial charge in [-0.15, -0.1) is 0 Å². The average Bonchev–Trinajstić information content (AvgIpc) is 2.85. The summed E-state index contributed by atoms with van der Waals surface area (Å²) in [5.41, 5.74) is 6.86. The maximum Gasteiger partial charge on any atom is 0.251 e. The zero-order chi connectivity index (χ0) is 13.8. The fourth-order valence-electron chi connectivity index (χ4n) is 2.43. The minimum absolute atomic E-state index is 0.0719. The first-order valence-corrected chi connectivity index (χ1v) is 7.69. The molecule has 0 aromatic heterocycles. The second-order valence-electron chi connectivity index (χ2n) is 4.84. The molecular formula is C14H20N2O2S. The number of rotatable bonds is 4. The largest absolute Gasteiger partial charge is 0.497 e. The number of nitrogens with one attached hydrogen (secondary N) is 1. The van der Waals surface area contributed by atoms with Gasteiger partial charge in [-0.1, -0.05) is 0 Å². The van der Waals surface area contributed by atoms with E-state index in [1.54, 1.807) is 25.3 Å². The molecule has 2 atom stereocenters. The second kappa shape index (κ2) is 6.19. The van der Waals surface area contributed by atoms with Crippen LogP contribution in [0.2, 0.25) is 0 Å². The van der Waals surface area contributed by atoms with Gasteiger partial charge in [0, 0.05) is 28.6 Å². The Kier molecular flexibility index (Phi) is 4.58. The van der Waals surface area contributed by atoms with Crippen molar-refractivity contribution < 1.29 is 9.53 Å². The lowest BCUT2D eigenvalue weighted by atomic mass is 10.1. The van der Waals surface area contributed by atoms with E-state index in [1.165, 1.54) is 6.42 Å². The summed E-state index contributed by atoms with van der Waals surface area (Å²) in [6, 6.07) is 5.37. The zero-order valence-corrected chi connectivity index (χ0v) is 12.1. The van der Waals surface area contributed by atoms with E-state index >= 15 is 0 Å². The molecular weight excluding hydrogens is 260 g/mol. The van der Waals surface area contributed by atoms with E-state index in [1.807, 2.05) is 11.8 Å². The number of thioether (sulfide) groups is 1. The van der Waals surface area contributed by atoms with Crippen LogP contribution in [-0.2, 0) is 0 Å². The molecule has 0 aliphatic heterocycles. The van der Waals surface area contributed by atoms with Gasteiger partial charge in [0.05, 0.1) is 7.11 Å². The average molecular weight is 280 g/mol. The molecule has 0 saturated heterocycles. The van der Waals surface area contributed by atoms with E-state index < -0.39 is 0 Å². The Hall–Kier alpha value is -1.36. The van der Waals surface area contributed by atoms with Gasteiger partial charge in [-0.3, -0.25) is 4.79 Å². The maximum atomic E-state index is 12.2. The molecule has 1 aromatic rings. The Morgan fingerprint density at radius 2 is 2.21 bits per heavy atom. The lowest BCUT2D eigenvalue weighted by molar-refractivity contribution is 0.0937. The van der Waals surface area contributed by atoms with Gasteiger partial charge < -0.3 is 15.8 Å². The maximum absolute atomic E-state index is 12.2. The van der Waals surface area contributed by atoms with E-state index in [4.69, 9.17) is 10.5 Å². The predicted molar refractivity (Wildman–Crippen MR) is 79.8 cm³/mol. The molecule has 0 bridgehead atoms. The first-order chi connectivity index (χ1) is 9.12. The molecule has 0 radical (unpaired) electrons. The molecule has 2 rings (SSSR count). The van der Waals surface area contributed by atoms with Gasteiger partial charge in [0.2, 0.25) is 0 Å². The molecule has 19 heavy (non-hydrogen) atoms. The fourth-order valence-corrected chi connectivity index (χ4v) is 3.22. The number of benzene rings is 1. The minimum atomic E-state index is -0.0719. The molecule has 1 saturated carbocycles. The van der Waals surface area contributed by atoms with Crippen molar-refractivity contribution in [2.45, 2.75) is 30.6 Å². The summed E-state index contributed by atoms with van der Waals surface area (Å²) in [6.07, 6.45) is 5.40. The third kappa shape index (κ3) is 3.56. The van der Waals surface area contributed by atoms with Crippen LogP contribution in [0.25, 0.3) is 0 Å². The smallest absolute Gasteiger partial charge is 0.251 e. The molecule has 1 aliphatic rings. The summed E-state index contributed by atoms with van der Waals surface area (Å²) in [6.45, 7) is 0. The van der Waals surface area contributed by atoms with Crippen molar-refractivity contribution in [2.24, 2.45) is 0 Å². The summed E-state index contributed by atoms with van der Waals surface area (Å²) in [5.74, 6) is 0.538. The van der Waals surface area contributed by atoms with Gasteiger partial charge in [0.15, 0.2) is 0 Å². The fraction of sp³-hybridized carbons (Fsp3) is 0.500. The topological polar surface area (TPSA) is 64.3 Å². The van der Waals surface area contributed by atoms with Gasteiger partial charge in [-0.2, -0.15) is 11.8 Å². The molecule has 4 nitrogen and oxygen atoms in total. The van der Waals surface area contributed by atoms with Crippen molar-refractivity contribution in [3.05, 3.63) is 23.8 Å². The molecule has 104 valence electrons. The standard InChI is InChI=1S/C14H20N2O2S/c1-18-12-6-9(5-10(15)7-12)14(17)16-11-3-4-13(8-11)19-2/h5-7,11,13H,3-4,8,15H2,1-2H3,(H,16,17). The van der Waals surface area contributed by atoms with E-state index in [9.17, 15) is 4.79 Å². The molecule has 1 aliphatic carbocycles. The normalized spacial score (nSPS) is 22.2. The highest BCUT2D eigenvalue weighted by atomic mass is 32.2. The number of hydrogen-bond donors (Lipinski definition) is 2. The summed E-state index contributed by atoms with van der Waals surface area (Å²) < 4.78 is 5.13. The molecule has 1 aromatic carbocycles. The number of nitrogen functional groups attached to an aromatic ring is 1. The first kappa shape index (κ1) is 14.1. The van der Waals surface area contributed by atoms with Crippen LogP contribution in [0.15, 0.2) is 18.2 Å². The number of ether oxygens (including phenoxy) is 1. The summed E-state index contributed by atoms with van der Waals surface area (Å²) in [4.78, 5) is 12.2. The Balaban J connectivity index is 2.02. The van der Waals surface area contributed by atoms with Crippen molar-refractivity contribution in [2.75, 3.05) is 19.1 Å². The van der Waals surface area contributed by atoms with Crippen LogP contribution in [0.1, 0.15) is 29.6 Å². The van der Waals surface area contributed by atoms with Gasteiger partial charge in [0.25, 0.3) is 5.91 Å². The SMILES string of the molecule is COc1cc(N)cc(C(=O)NC2CCC(SC)C2)c1. The molecule has 5 heteroatoms. The van der Waals surface area contributed by atoms with Gasteiger partial charge in [-0.25, -0.2) is 0 Å². The van der Waals surface area contributed by atoms with Crippen LogP contribution in [-0.4, -0.2) is 30.6 Å². The van der Waals surface area contributed by atoms with Crippen LogP contribution in [0.5, 0.6) is 5.75 Å². The molecule has 3 N–H and O–H groups in total. The number of methoxy groups -OCH3 is 1. The van der Waals surface area contributed by atoms with Crippen LogP contribution in [0.3, 0.4) is 0 Å². The third-order valence-electron chi connectivity index (χ3n) is 3.48. The van der Waals surface area contributed by atoms with E-state index in [0.717, 1.165) is 12.8 Å².